The number of quaternary nitrogens is 1. The molecule has 0 unspecified atom stereocenters. The van der Waals surface area contributed by atoms with Crippen LogP contribution in [0.2, 0.25) is 0 Å². The third-order valence-electron chi connectivity index (χ3n) is 0.871. The lowest BCUT2D eigenvalue weighted by molar-refractivity contribution is -0.870. The van der Waals surface area contributed by atoms with Crippen molar-refractivity contribution in [1.29, 1.82) is 5.26 Å². The van der Waals surface area contributed by atoms with Gasteiger partial charge in [0.1, 0.15) is 6.54 Å². The van der Waals surface area contributed by atoms with Crippen molar-refractivity contribution in [1.82, 2.24) is 0 Å². The summed E-state index contributed by atoms with van der Waals surface area (Å²) in [4.78, 5) is 2.58. The van der Waals surface area contributed by atoms with Crippen molar-refractivity contribution in [2.75, 3.05) is 34.3 Å². The molecule has 12 heavy (non-hydrogen) atoms. The molecular formula is C7H14N4O. The molecule has 68 valence electrons. The van der Waals surface area contributed by atoms with Crippen molar-refractivity contribution in [2.45, 2.75) is 0 Å². The SMILES string of the molecule is C[N+](C)(C)CCO.N#CN=C=[N-]. The molecule has 0 aliphatic carbocycles. The lowest BCUT2D eigenvalue weighted by Crippen LogP contribution is -2.36. The fourth-order valence-corrected chi connectivity index (χ4v) is 0.322. The first-order chi connectivity index (χ1) is 5.47. The van der Waals surface area contributed by atoms with Gasteiger partial charge in [-0.15, -0.1) is 6.01 Å². The van der Waals surface area contributed by atoms with Crippen LogP contribution in [0.15, 0.2) is 4.99 Å². The second-order valence-electron chi connectivity index (χ2n) is 3.05. The number of aliphatic imine (C=N–C) groups is 1. The second-order valence-corrected chi connectivity index (χ2v) is 3.05. The summed E-state index contributed by atoms with van der Waals surface area (Å²) in [6.07, 6.45) is 1.28. The maximum atomic E-state index is 8.39. The van der Waals surface area contributed by atoms with Gasteiger partial charge in [0.2, 0.25) is 0 Å². The molecule has 5 heteroatoms. The summed E-state index contributed by atoms with van der Waals surface area (Å²) in [5.41, 5.74) is 0. The number of likely N-dealkylation sites (N-methyl/N-ethyl adjacent to an activating group) is 1. The Labute approximate surface area is 72.7 Å². The Kier molecular flexibility index (Phi) is 8.80. The fourth-order valence-electron chi connectivity index (χ4n) is 0.322. The van der Waals surface area contributed by atoms with Gasteiger partial charge in [-0.05, 0) is 0 Å². The van der Waals surface area contributed by atoms with Gasteiger partial charge in [-0.1, -0.05) is 0 Å². The summed E-state index contributed by atoms with van der Waals surface area (Å²) in [7, 11) is 6.16. The van der Waals surface area contributed by atoms with E-state index in [1.165, 1.54) is 12.2 Å². The highest BCUT2D eigenvalue weighted by Gasteiger charge is 2.02. The lowest BCUT2D eigenvalue weighted by atomic mass is 10.5. The van der Waals surface area contributed by atoms with Crippen LogP contribution < -0.4 is 0 Å². The first-order valence-electron chi connectivity index (χ1n) is 3.37. The Hall–Kier alpha value is -1.21. The summed E-state index contributed by atoms with van der Waals surface area (Å²) in [5.74, 6) is 0. The molecule has 0 aromatic carbocycles. The Morgan fingerprint density at radius 1 is 1.50 bits per heavy atom. The molecular weight excluding hydrogens is 156 g/mol. The van der Waals surface area contributed by atoms with Crippen molar-refractivity contribution in [3.63, 3.8) is 0 Å². The number of hydrogen-bond acceptors (Lipinski definition) is 3. The maximum Gasteiger partial charge on any atom is 0.101 e. The number of nitriles is 1. The largest absolute Gasteiger partial charge is 0.422 e. The molecule has 0 spiro atoms. The van der Waals surface area contributed by atoms with E-state index in [0.717, 1.165) is 11.0 Å². The number of nitrogens with zero attached hydrogens (tertiary/aromatic N) is 4. The predicted molar refractivity (Wildman–Crippen MR) is 46.4 cm³/mol. The van der Waals surface area contributed by atoms with Crippen LogP contribution in [0.5, 0.6) is 0 Å². The standard InChI is InChI=1S/C5H14NO.C2N3/c1-6(2,3)4-5-7;3-1-5-2-4/h7H,4-5H2,1-3H3;/q+1;-1. The first kappa shape index (κ1) is 13.4. The van der Waals surface area contributed by atoms with Gasteiger partial charge >= 0.3 is 0 Å². The summed E-state index contributed by atoms with van der Waals surface area (Å²) in [5, 5.41) is 23.2. The van der Waals surface area contributed by atoms with Crippen LogP contribution in [-0.4, -0.2) is 49.9 Å². The van der Waals surface area contributed by atoms with Crippen molar-refractivity contribution in [2.24, 2.45) is 4.99 Å². The Bertz CT molecular complexity index is 183. The van der Waals surface area contributed by atoms with E-state index in [0.29, 0.717) is 0 Å². The highest BCUT2D eigenvalue weighted by atomic mass is 16.3. The molecule has 0 radical (unpaired) electrons. The van der Waals surface area contributed by atoms with Crippen LogP contribution in [0.1, 0.15) is 0 Å². The molecule has 0 rings (SSSR count). The van der Waals surface area contributed by atoms with E-state index in [2.05, 4.69) is 26.1 Å². The molecule has 0 aromatic rings. The van der Waals surface area contributed by atoms with Crippen LogP contribution in [0, 0.1) is 11.5 Å². The van der Waals surface area contributed by atoms with Crippen LogP contribution in [-0.2, 0) is 0 Å². The molecule has 0 aliphatic heterocycles. The van der Waals surface area contributed by atoms with Gasteiger partial charge in [0.25, 0.3) is 0 Å². The highest BCUT2D eigenvalue weighted by molar-refractivity contribution is 5.46. The minimum Gasteiger partial charge on any atom is -0.422 e. The number of rotatable bonds is 2. The minimum absolute atomic E-state index is 0.281. The van der Waals surface area contributed by atoms with Gasteiger partial charge in [0.05, 0.1) is 33.9 Å². The van der Waals surface area contributed by atoms with E-state index in [4.69, 9.17) is 15.8 Å². The zero-order chi connectivity index (χ0) is 10.0. The molecule has 5 nitrogen and oxygen atoms in total. The van der Waals surface area contributed by atoms with Crippen LogP contribution in [0.25, 0.3) is 5.41 Å². The maximum absolute atomic E-state index is 8.39. The van der Waals surface area contributed by atoms with E-state index >= 15 is 0 Å². The number of hydrogen-bond donors (Lipinski definition) is 1. The number of aliphatic hydroxyl groups excluding tert-OH is 1. The van der Waals surface area contributed by atoms with Crippen molar-refractivity contribution in [3.8, 4) is 6.19 Å². The Morgan fingerprint density at radius 2 is 2.00 bits per heavy atom. The lowest BCUT2D eigenvalue weighted by Gasteiger charge is -2.21. The minimum atomic E-state index is 0.281. The predicted octanol–water partition coefficient (Wildman–Crippen LogP) is -0.104. The fraction of sp³-hybridized carbons (Fsp3) is 0.714. The van der Waals surface area contributed by atoms with E-state index in [-0.39, 0.29) is 6.61 Å². The molecule has 0 aliphatic rings. The average Bonchev–Trinajstić information content (AvgIpc) is 1.87. The first-order valence-corrected chi connectivity index (χ1v) is 3.37. The monoisotopic (exact) mass is 170 g/mol. The summed E-state index contributed by atoms with van der Waals surface area (Å²) >= 11 is 0. The topological polar surface area (TPSA) is 78.7 Å². The molecule has 1 N–H and O–H groups in total. The van der Waals surface area contributed by atoms with Crippen molar-refractivity contribution < 1.29 is 9.59 Å². The van der Waals surface area contributed by atoms with E-state index in [9.17, 15) is 0 Å². The summed E-state index contributed by atoms with van der Waals surface area (Å²) in [6.45, 7) is 1.11. The number of aliphatic hydroxyl groups is 1. The highest BCUT2D eigenvalue weighted by Crippen LogP contribution is 1.84. The van der Waals surface area contributed by atoms with Gasteiger partial charge in [0, 0.05) is 0 Å². The molecule has 0 amide bonds. The third-order valence-corrected chi connectivity index (χ3v) is 0.871. The molecule has 0 bridgehead atoms. The third kappa shape index (κ3) is 23.2. The molecule has 0 fully saturated rings. The van der Waals surface area contributed by atoms with Crippen LogP contribution in [0.3, 0.4) is 0 Å². The van der Waals surface area contributed by atoms with Crippen LogP contribution >= 0.6 is 0 Å². The zero-order valence-corrected chi connectivity index (χ0v) is 7.65. The van der Waals surface area contributed by atoms with Crippen LogP contribution in [0.4, 0.5) is 0 Å². The zero-order valence-electron chi connectivity index (χ0n) is 7.65. The van der Waals surface area contributed by atoms with Gasteiger partial charge < -0.3 is 20.0 Å². The van der Waals surface area contributed by atoms with Crippen molar-refractivity contribution in [3.05, 3.63) is 5.41 Å². The van der Waals surface area contributed by atoms with E-state index < -0.39 is 0 Å². The van der Waals surface area contributed by atoms with Gasteiger partial charge in [-0.2, -0.15) is 5.26 Å². The van der Waals surface area contributed by atoms with Gasteiger partial charge in [0.15, 0.2) is 0 Å². The molecule has 0 saturated carbocycles. The normalized spacial score (nSPS) is 8.58. The van der Waals surface area contributed by atoms with Crippen molar-refractivity contribution >= 4 is 6.01 Å². The summed E-state index contributed by atoms with van der Waals surface area (Å²) in [6, 6.07) is 1.28. The quantitative estimate of drug-likeness (QED) is 0.356. The molecule has 0 aromatic heterocycles. The van der Waals surface area contributed by atoms with Gasteiger partial charge in [-0.3, -0.25) is 0 Å². The van der Waals surface area contributed by atoms with E-state index in [1.807, 2.05) is 0 Å². The molecule has 0 atom stereocenters. The summed E-state index contributed by atoms with van der Waals surface area (Å²) < 4.78 is 0.844. The van der Waals surface area contributed by atoms with E-state index in [1.54, 1.807) is 0 Å². The molecule has 0 heterocycles. The second kappa shape index (κ2) is 7.89. The smallest absolute Gasteiger partial charge is 0.101 e. The molecule has 0 saturated heterocycles. The van der Waals surface area contributed by atoms with Gasteiger partial charge in [-0.25, -0.2) is 0 Å². The Morgan fingerprint density at radius 3 is 2.00 bits per heavy atom. The average molecular weight is 170 g/mol. The Balaban J connectivity index is 0.